The molecule has 0 aliphatic carbocycles. The first-order valence-corrected chi connectivity index (χ1v) is 6.73. The van der Waals surface area contributed by atoms with Crippen molar-refractivity contribution >= 4 is 0 Å². The molecule has 2 saturated heterocycles. The number of nitrogens with zero attached hydrogens (tertiary/aromatic N) is 1. The van der Waals surface area contributed by atoms with E-state index in [9.17, 15) is 0 Å². The van der Waals surface area contributed by atoms with Crippen LogP contribution in [0.4, 0.5) is 0 Å². The van der Waals surface area contributed by atoms with E-state index in [1.807, 2.05) is 0 Å². The summed E-state index contributed by atoms with van der Waals surface area (Å²) in [6.07, 6.45) is 1.49. The molecule has 2 aliphatic rings. The van der Waals surface area contributed by atoms with Crippen LogP contribution < -0.4 is 0 Å². The maximum absolute atomic E-state index is 5.97. The predicted octanol–water partition coefficient (Wildman–Crippen LogP) is 2.65. The van der Waals surface area contributed by atoms with Crippen molar-refractivity contribution in [2.75, 3.05) is 13.2 Å². The van der Waals surface area contributed by atoms with Crippen LogP contribution in [0.25, 0.3) is 0 Å². The van der Waals surface area contributed by atoms with E-state index in [-0.39, 0.29) is 23.3 Å². The zero-order valence-electron chi connectivity index (χ0n) is 12.1. The summed E-state index contributed by atoms with van der Waals surface area (Å²) in [6.45, 7) is 15.2. The molecule has 2 fully saturated rings. The molecule has 0 spiro atoms. The van der Waals surface area contributed by atoms with E-state index in [1.165, 1.54) is 0 Å². The van der Waals surface area contributed by atoms with Crippen LogP contribution in [0.5, 0.6) is 0 Å². The van der Waals surface area contributed by atoms with Crippen LogP contribution in [0.15, 0.2) is 0 Å². The molecule has 17 heavy (non-hydrogen) atoms. The zero-order chi connectivity index (χ0) is 12.8. The summed E-state index contributed by atoms with van der Waals surface area (Å²) in [5, 5.41) is 0. The van der Waals surface area contributed by atoms with E-state index < -0.39 is 0 Å². The van der Waals surface area contributed by atoms with Gasteiger partial charge in [0.05, 0.1) is 19.3 Å². The van der Waals surface area contributed by atoms with Crippen molar-refractivity contribution in [3.8, 4) is 0 Å². The van der Waals surface area contributed by atoms with E-state index in [1.54, 1.807) is 0 Å². The molecule has 0 bridgehead atoms. The van der Waals surface area contributed by atoms with Gasteiger partial charge in [0.15, 0.2) is 0 Å². The second-order valence-corrected chi connectivity index (χ2v) is 7.37. The summed E-state index contributed by atoms with van der Waals surface area (Å²) in [7, 11) is 0. The minimum absolute atomic E-state index is 0.123. The maximum atomic E-state index is 5.97. The normalized spacial score (nSPS) is 36.0. The molecule has 3 unspecified atom stereocenters. The molecule has 2 aliphatic heterocycles. The first-order valence-electron chi connectivity index (χ1n) is 6.73. The number of likely N-dealkylation sites (tertiary alicyclic amines) is 1. The van der Waals surface area contributed by atoms with Gasteiger partial charge in [0.1, 0.15) is 6.23 Å². The summed E-state index contributed by atoms with van der Waals surface area (Å²) in [4.78, 5) is 2.52. The first-order chi connectivity index (χ1) is 7.71. The summed E-state index contributed by atoms with van der Waals surface area (Å²) in [5.74, 6) is 0. The van der Waals surface area contributed by atoms with E-state index in [0.29, 0.717) is 6.04 Å². The highest BCUT2D eigenvalue weighted by Gasteiger charge is 2.51. The first kappa shape index (κ1) is 13.3. The van der Waals surface area contributed by atoms with Gasteiger partial charge in [-0.15, -0.1) is 0 Å². The van der Waals surface area contributed by atoms with Crippen molar-refractivity contribution in [1.82, 2.24) is 4.90 Å². The fourth-order valence-corrected chi connectivity index (χ4v) is 3.13. The SMILES string of the molecule is CC(C)(C)C1CC2OCCOC2N1C(C)(C)C. The molecule has 0 aromatic carbocycles. The standard InChI is InChI=1S/C14H27NO2/c1-13(2,3)11-9-10-12(17-8-7-16-10)15(11)14(4,5)6/h10-12H,7-9H2,1-6H3. The summed E-state index contributed by atoms with van der Waals surface area (Å²) < 4.78 is 11.9. The second-order valence-electron chi connectivity index (χ2n) is 7.37. The largest absolute Gasteiger partial charge is 0.372 e. The number of hydrogen-bond donors (Lipinski definition) is 0. The van der Waals surface area contributed by atoms with Crippen molar-refractivity contribution in [2.45, 2.75) is 71.9 Å². The van der Waals surface area contributed by atoms with Gasteiger partial charge < -0.3 is 9.47 Å². The smallest absolute Gasteiger partial charge is 0.137 e. The van der Waals surface area contributed by atoms with Crippen LogP contribution in [0.1, 0.15) is 48.0 Å². The van der Waals surface area contributed by atoms with Gasteiger partial charge >= 0.3 is 0 Å². The Morgan fingerprint density at radius 1 is 0.941 bits per heavy atom. The highest BCUT2D eigenvalue weighted by atomic mass is 16.6. The Bertz CT molecular complexity index is 277. The van der Waals surface area contributed by atoms with E-state index in [4.69, 9.17) is 9.47 Å². The summed E-state index contributed by atoms with van der Waals surface area (Å²) in [6, 6.07) is 0.524. The molecular weight excluding hydrogens is 214 g/mol. The summed E-state index contributed by atoms with van der Waals surface area (Å²) >= 11 is 0. The van der Waals surface area contributed by atoms with Gasteiger partial charge in [-0.25, -0.2) is 0 Å². The van der Waals surface area contributed by atoms with Gasteiger partial charge in [0.2, 0.25) is 0 Å². The van der Waals surface area contributed by atoms with Gasteiger partial charge in [-0.3, -0.25) is 4.90 Å². The third kappa shape index (κ3) is 2.51. The topological polar surface area (TPSA) is 21.7 Å². The van der Waals surface area contributed by atoms with Crippen molar-refractivity contribution in [3.05, 3.63) is 0 Å². The van der Waals surface area contributed by atoms with E-state index >= 15 is 0 Å². The third-order valence-corrected chi connectivity index (χ3v) is 3.86. The molecule has 0 N–H and O–H groups in total. The molecule has 3 atom stereocenters. The quantitative estimate of drug-likeness (QED) is 0.651. The fourth-order valence-electron chi connectivity index (χ4n) is 3.13. The van der Waals surface area contributed by atoms with Crippen LogP contribution in [-0.4, -0.2) is 42.0 Å². The number of hydrogen-bond acceptors (Lipinski definition) is 3. The molecule has 2 rings (SSSR count). The lowest BCUT2D eigenvalue weighted by atomic mass is 9.83. The molecule has 2 heterocycles. The third-order valence-electron chi connectivity index (χ3n) is 3.86. The molecule has 3 heteroatoms. The van der Waals surface area contributed by atoms with Gasteiger partial charge in [0, 0.05) is 11.6 Å². The van der Waals surface area contributed by atoms with Crippen LogP contribution in [0.2, 0.25) is 0 Å². The Balaban J connectivity index is 2.27. The van der Waals surface area contributed by atoms with Crippen LogP contribution in [-0.2, 0) is 9.47 Å². The van der Waals surface area contributed by atoms with Crippen LogP contribution in [0.3, 0.4) is 0 Å². The van der Waals surface area contributed by atoms with E-state index in [2.05, 4.69) is 46.4 Å². The second kappa shape index (κ2) is 4.22. The fraction of sp³-hybridized carbons (Fsp3) is 1.00. The molecular formula is C14H27NO2. The van der Waals surface area contributed by atoms with Crippen molar-refractivity contribution in [3.63, 3.8) is 0 Å². The maximum Gasteiger partial charge on any atom is 0.137 e. The average Bonchev–Trinajstić information content (AvgIpc) is 2.54. The molecule has 0 amide bonds. The Kier molecular flexibility index (Phi) is 3.30. The van der Waals surface area contributed by atoms with Crippen LogP contribution >= 0.6 is 0 Å². The Hall–Kier alpha value is -0.120. The zero-order valence-corrected chi connectivity index (χ0v) is 12.1. The highest BCUT2D eigenvalue weighted by molar-refractivity contribution is 5.01. The molecule has 0 saturated carbocycles. The molecule has 3 nitrogen and oxygen atoms in total. The highest BCUT2D eigenvalue weighted by Crippen LogP contribution is 2.42. The van der Waals surface area contributed by atoms with Gasteiger partial charge in [-0.1, -0.05) is 20.8 Å². The van der Waals surface area contributed by atoms with Crippen molar-refractivity contribution in [2.24, 2.45) is 5.41 Å². The Morgan fingerprint density at radius 3 is 2.06 bits per heavy atom. The average molecular weight is 241 g/mol. The van der Waals surface area contributed by atoms with Crippen molar-refractivity contribution < 1.29 is 9.47 Å². The monoisotopic (exact) mass is 241 g/mol. The molecule has 0 radical (unpaired) electrons. The molecule has 0 aromatic heterocycles. The minimum Gasteiger partial charge on any atom is -0.372 e. The van der Waals surface area contributed by atoms with Gasteiger partial charge in [-0.05, 0) is 32.6 Å². The van der Waals surface area contributed by atoms with E-state index in [0.717, 1.165) is 19.6 Å². The lowest BCUT2D eigenvalue weighted by molar-refractivity contribution is -0.189. The Labute approximate surface area is 105 Å². The number of fused-ring (bicyclic) bond motifs is 1. The van der Waals surface area contributed by atoms with Crippen LogP contribution in [0, 0.1) is 5.41 Å². The van der Waals surface area contributed by atoms with Gasteiger partial charge in [0.25, 0.3) is 0 Å². The molecule has 100 valence electrons. The van der Waals surface area contributed by atoms with Gasteiger partial charge in [-0.2, -0.15) is 0 Å². The van der Waals surface area contributed by atoms with Crippen molar-refractivity contribution in [1.29, 1.82) is 0 Å². The summed E-state index contributed by atoms with van der Waals surface area (Å²) in [5.41, 5.74) is 0.384. The number of rotatable bonds is 0. The minimum atomic E-state index is 0.123. The number of ether oxygens (including phenoxy) is 2. The molecule has 0 aromatic rings. The lowest BCUT2D eigenvalue weighted by Gasteiger charge is -2.46. The predicted molar refractivity (Wildman–Crippen MR) is 68.9 cm³/mol. The lowest BCUT2D eigenvalue weighted by Crippen LogP contribution is -2.55. The Morgan fingerprint density at radius 2 is 1.53 bits per heavy atom.